The summed E-state index contributed by atoms with van der Waals surface area (Å²) in [6.45, 7) is -0.429. The van der Waals surface area contributed by atoms with Crippen molar-refractivity contribution in [3.8, 4) is 0 Å². The number of alkyl halides is 2. The third kappa shape index (κ3) is 3.82. The normalized spacial score (nSPS) is 10.8. The molecule has 0 amide bonds. The molecule has 0 spiro atoms. The van der Waals surface area contributed by atoms with Gasteiger partial charge in [0.25, 0.3) is 12.1 Å². The highest BCUT2D eigenvalue weighted by Gasteiger charge is 2.14. The van der Waals surface area contributed by atoms with E-state index in [1.165, 1.54) is 12.1 Å². The number of hydrogen-bond acceptors (Lipinski definition) is 3. The van der Waals surface area contributed by atoms with Crippen LogP contribution in [0.4, 0.5) is 14.5 Å². The minimum absolute atomic E-state index is 0.0495. The minimum Gasteiger partial charge on any atom is -0.307 e. The first kappa shape index (κ1) is 13.0. The molecule has 16 heavy (non-hydrogen) atoms. The molecule has 0 aliphatic rings. The van der Waals surface area contributed by atoms with Gasteiger partial charge < -0.3 is 5.32 Å². The van der Waals surface area contributed by atoms with E-state index in [0.717, 1.165) is 0 Å². The van der Waals surface area contributed by atoms with E-state index < -0.39 is 17.9 Å². The molecule has 1 aromatic rings. The molecule has 0 radical (unpaired) electrons. The maximum absolute atomic E-state index is 11.9. The molecule has 0 saturated carbocycles. The quantitative estimate of drug-likeness (QED) is 0.671. The van der Waals surface area contributed by atoms with Gasteiger partial charge in [0, 0.05) is 22.6 Å². The summed E-state index contributed by atoms with van der Waals surface area (Å²) in [5.74, 6) is 0. The average Bonchev–Trinajstić information content (AvgIpc) is 2.19. The second-order valence-electron chi connectivity index (χ2n) is 3.05. The van der Waals surface area contributed by atoms with E-state index in [1.54, 1.807) is 6.07 Å². The smallest absolute Gasteiger partial charge is 0.275 e. The lowest BCUT2D eigenvalue weighted by Gasteiger charge is -2.05. The lowest BCUT2D eigenvalue weighted by Crippen LogP contribution is -2.21. The van der Waals surface area contributed by atoms with Crippen molar-refractivity contribution in [1.29, 1.82) is 0 Å². The molecule has 0 aromatic heterocycles. The van der Waals surface area contributed by atoms with Crippen LogP contribution >= 0.6 is 15.9 Å². The summed E-state index contributed by atoms with van der Waals surface area (Å²) >= 11 is 3.11. The van der Waals surface area contributed by atoms with Crippen molar-refractivity contribution in [3.63, 3.8) is 0 Å². The van der Waals surface area contributed by atoms with Crippen molar-refractivity contribution in [2.24, 2.45) is 0 Å². The van der Waals surface area contributed by atoms with E-state index >= 15 is 0 Å². The number of rotatable bonds is 5. The van der Waals surface area contributed by atoms with Crippen LogP contribution in [0.15, 0.2) is 22.7 Å². The average molecular weight is 295 g/mol. The van der Waals surface area contributed by atoms with Crippen LogP contribution in [0.25, 0.3) is 0 Å². The first-order chi connectivity index (χ1) is 7.50. The molecular weight excluding hydrogens is 286 g/mol. The largest absolute Gasteiger partial charge is 0.307 e. The molecule has 0 heterocycles. The zero-order valence-corrected chi connectivity index (χ0v) is 9.71. The van der Waals surface area contributed by atoms with Crippen molar-refractivity contribution in [3.05, 3.63) is 38.3 Å². The zero-order valence-electron chi connectivity index (χ0n) is 8.12. The van der Waals surface area contributed by atoms with E-state index in [-0.39, 0.29) is 12.2 Å². The van der Waals surface area contributed by atoms with Crippen LogP contribution in [0, 0.1) is 10.1 Å². The van der Waals surface area contributed by atoms with Gasteiger partial charge in [0.1, 0.15) is 0 Å². The predicted molar refractivity (Wildman–Crippen MR) is 58.5 cm³/mol. The Morgan fingerprint density at radius 3 is 2.75 bits per heavy atom. The summed E-state index contributed by atoms with van der Waals surface area (Å²) in [7, 11) is 0. The van der Waals surface area contributed by atoms with Crippen LogP contribution in [0.5, 0.6) is 0 Å². The first-order valence-corrected chi connectivity index (χ1v) is 5.21. The summed E-state index contributed by atoms with van der Waals surface area (Å²) in [5, 5.41) is 13.1. The van der Waals surface area contributed by atoms with E-state index in [2.05, 4.69) is 21.2 Å². The number of halogens is 3. The molecule has 0 aliphatic carbocycles. The molecule has 0 aliphatic heterocycles. The Bertz CT molecular complexity index is 388. The van der Waals surface area contributed by atoms with Crippen molar-refractivity contribution in [2.75, 3.05) is 6.54 Å². The Morgan fingerprint density at radius 1 is 1.50 bits per heavy atom. The van der Waals surface area contributed by atoms with Crippen molar-refractivity contribution in [1.82, 2.24) is 5.32 Å². The van der Waals surface area contributed by atoms with Gasteiger partial charge in [0.05, 0.1) is 11.5 Å². The van der Waals surface area contributed by atoms with Crippen LogP contribution < -0.4 is 5.32 Å². The maximum Gasteiger partial charge on any atom is 0.275 e. The number of nitrogens with one attached hydrogen (secondary N) is 1. The van der Waals surface area contributed by atoms with Gasteiger partial charge in [-0.15, -0.1) is 0 Å². The summed E-state index contributed by atoms with van der Waals surface area (Å²) < 4.78 is 24.3. The fourth-order valence-electron chi connectivity index (χ4n) is 1.17. The molecule has 0 saturated heterocycles. The van der Waals surface area contributed by atoms with Crippen molar-refractivity contribution in [2.45, 2.75) is 13.0 Å². The van der Waals surface area contributed by atoms with Gasteiger partial charge in [0.15, 0.2) is 0 Å². The Labute approximate surface area is 98.9 Å². The Morgan fingerprint density at radius 2 is 2.19 bits per heavy atom. The predicted octanol–water partition coefficient (Wildman–Crippen LogP) is 2.71. The lowest BCUT2D eigenvalue weighted by atomic mass is 10.2. The molecule has 4 nitrogen and oxygen atoms in total. The second-order valence-corrected chi connectivity index (χ2v) is 3.97. The number of nitro benzene ring substituents is 1. The molecule has 7 heteroatoms. The summed E-state index contributed by atoms with van der Waals surface area (Å²) in [4.78, 5) is 10.1. The third-order valence-electron chi connectivity index (χ3n) is 1.86. The molecule has 0 atom stereocenters. The van der Waals surface area contributed by atoms with E-state index in [0.29, 0.717) is 10.0 Å². The first-order valence-electron chi connectivity index (χ1n) is 4.42. The molecule has 1 N–H and O–H groups in total. The highest BCUT2D eigenvalue weighted by Crippen LogP contribution is 2.23. The van der Waals surface area contributed by atoms with E-state index in [4.69, 9.17) is 0 Å². The molecule has 0 bridgehead atoms. The van der Waals surface area contributed by atoms with Gasteiger partial charge >= 0.3 is 0 Å². The summed E-state index contributed by atoms with van der Waals surface area (Å²) in [5.41, 5.74) is 0.296. The zero-order chi connectivity index (χ0) is 12.1. The molecular formula is C9H9BrF2N2O2. The molecule has 1 aromatic carbocycles. The highest BCUT2D eigenvalue weighted by molar-refractivity contribution is 9.10. The highest BCUT2D eigenvalue weighted by atomic mass is 79.9. The Kier molecular flexibility index (Phi) is 4.75. The standard InChI is InChI=1S/C9H9BrF2N2O2/c10-7-2-1-6(4-13-5-9(11)12)8(3-7)14(15)16/h1-3,9,13H,4-5H2. The number of benzene rings is 1. The van der Waals surface area contributed by atoms with Gasteiger partial charge in [-0.3, -0.25) is 10.1 Å². The summed E-state index contributed by atoms with van der Waals surface area (Å²) in [6.07, 6.45) is -2.46. The van der Waals surface area contributed by atoms with Crippen LogP contribution in [0.2, 0.25) is 0 Å². The summed E-state index contributed by atoms with van der Waals surface area (Å²) in [6, 6.07) is 4.51. The van der Waals surface area contributed by atoms with Crippen LogP contribution in [0.1, 0.15) is 5.56 Å². The number of nitrogens with zero attached hydrogens (tertiary/aromatic N) is 1. The number of nitro groups is 1. The molecule has 0 fully saturated rings. The lowest BCUT2D eigenvalue weighted by molar-refractivity contribution is -0.385. The third-order valence-corrected chi connectivity index (χ3v) is 2.35. The van der Waals surface area contributed by atoms with Crippen LogP contribution in [-0.4, -0.2) is 17.9 Å². The fourth-order valence-corrected chi connectivity index (χ4v) is 1.52. The molecule has 1 rings (SSSR count). The van der Waals surface area contributed by atoms with E-state index in [1.807, 2.05) is 0 Å². The minimum atomic E-state index is -2.46. The topological polar surface area (TPSA) is 55.2 Å². The van der Waals surface area contributed by atoms with Gasteiger partial charge in [-0.25, -0.2) is 8.78 Å². The Balaban J connectivity index is 2.75. The van der Waals surface area contributed by atoms with Crippen LogP contribution in [-0.2, 0) is 6.54 Å². The van der Waals surface area contributed by atoms with Gasteiger partial charge in [-0.2, -0.15) is 0 Å². The van der Waals surface area contributed by atoms with Crippen LogP contribution in [0.3, 0.4) is 0 Å². The second kappa shape index (κ2) is 5.86. The van der Waals surface area contributed by atoms with Crippen molar-refractivity contribution >= 4 is 21.6 Å². The van der Waals surface area contributed by atoms with E-state index in [9.17, 15) is 18.9 Å². The Hall–Kier alpha value is -1.08. The maximum atomic E-state index is 11.9. The number of hydrogen-bond donors (Lipinski definition) is 1. The molecule has 0 unspecified atom stereocenters. The van der Waals surface area contributed by atoms with Gasteiger partial charge in [0.2, 0.25) is 0 Å². The molecule has 88 valence electrons. The monoisotopic (exact) mass is 294 g/mol. The SMILES string of the molecule is O=[N+]([O-])c1cc(Br)ccc1CNCC(F)F. The fraction of sp³-hybridized carbons (Fsp3) is 0.333. The van der Waals surface area contributed by atoms with Crippen molar-refractivity contribution < 1.29 is 13.7 Å². The van der Waals surface area contributed by atoms with Gasteiger partial charge in [-0.05, 0) is 12.1 Å². The van der Waals surface area contributed by atoms with Gasteiger partial charge in [-0.1, -0.05) is 15.9 Å².